The van der Waals surface area contributed by atoms with E-state index < -0.39 is 0 Å². The highest BCUT2D eigenvalue weighted by atomic mass is 16.5. The molecule has 1 atom stereocenters. The lowest BCUT2D eigenvalue weighted by molar-refractivity contribution is 0.414. The second-order valence-electron chi connectivity index (χ2n) is 4.47. The Morgan fingerprint density at radius 3 is 2.45 bits per heavy atom. The van der Waals surface area contributed by atoms with Crippen LogP contribution in [0.2, 0.25) is 0 Å². The van der Waals surface area contributed by atoms with Crippen LogP contribution in [0.4, 0.5) is 0 Å². The summed E-state index contributed by atoms with van der Waals surface area (Å²) < 4.78 is 5.18. The third kappa shape index (κ3) is 3.16. The van der Waals surface area contributed by atoms with Crippen LogP contribution in [-0.4, -0.2) is 7.11 Å². The Labute approximate surface area is 118 Å². The Kier molecular flexibility index (Phi) is 4.37. The van der Waals surface area contributed by atoms with Crippen molar-refractivity contribution in [3.63, 3.8) is 0 Å². The van der Waals surface area contributed by atoms with Crippen molar-refractivity contribution in [1.82, 2.24) is 0 Å². The van der Waals surface area contributed by atoms with E-state index in [1.807, 2.05) is 36.4 Å². The maximum absolute atomic E-state index is 9.36. The molecule has 0 saturated carbocycles. The van der Waals surface area contributed by atoms with Gasteiger partial charge in [-0.05, 0) is 41.8 Å². The summed E-state index contributed by atoms with van der Waals surface area (Å²) in [6, 6.07) is 19.3. The van der Waals surface area contributed by atoms with E-state index in [9.17, 15) is 5.26 Å². The summed E-state index contributed by atoms with van der Waals surface area (Å²) in [5.74, 6) is 0.528. The minimum atomic E-state index is -0.224. The molecule has 0 spiro atoms. The van der Waals surface area contributed by atoms with E-state index in [-0.39, 0.29) is 5.92 Å². The molecule has 2 rings (SSSR count). The number of methoxy groups -OCH3 is 1. The summed E-state index contributed by atoms with van der Waals surface area (Å²) >= 11 is 0. The number of benzene rings is 2. The first kappa shape index (κ1) is 13.6. The SMILES string of the molecule is COc1cccc(C(C#N)Cc2ccc(C#N)cc2)c1. The first-order valence-corrected chi connectivity index (χ1v) is 6.29. The fourth-order valence-corrected chi connectivity index (χ4v) is 2.05. The molecule has 3 nitrogen and oxygen atoms in total. The van der Waals surface area contributed by atoms with Gasteiger partial charge in [-0.25, -0.2) is 0 Å². The van der Waals surface area contributed by atoms with E-state index in [1.54, 1.807) is 19.2 Å². The molecule has 0 radical (unpaired) electrons. The normalized spacial score (nSPS) is 11.2. The molecule has 20 heavy (non-hydrogen) atoms. The summed E-state index contributed by atoms with van der Waals surface area (Å²) in [7, 11) is 1.61. The van der Waals surface area contributed by atoms with Gasteiger partial charge in [0.05, 0.1) is 30.7 Å². The van der Waals surface area contributed by atoms with Gasteiger partial charge in [0, 0.05) is 0 Å². The molecule has 0 aliphatic carbocycles. The number of hydrogen-bond acceptors (Lipinski definition) is 3. The fraction of sp³-hybridized carbons (Fsp3) is 0.176. The van der Waals surface area contributed by atoms with Crippen molar-refractivity contribution in [2.75, 3.05) is 7.11 Å². The Morgan fingerprint density at radius 1 is 1.10 bits per heavy atom. The molecule has 3 heteroatoms. The lowest BCUT2D eigenvalue weighted by atomic mass is 9.93. The largest absolute Gasteiger partial charge is 0.497 e. The molecule has 2 aromatic carbocycles. The molecule has 0 amide bonds. The van der Waals surface area contributed by atoms with Crippen LogP contribution in [0.15, 0.2) is 48.5 Å². The van der Waals surface area contributed by atoms with Gasteiger partial charge < -0.3 is 4.74 Å². The van der Waals surface area contributed by atoms with Gasteiger partial charge in [0.25, 0.3) is 0 Å². The quantitative estimate of drug-likeness (QED) is 0.848. The van der Waals surface area contributed by atoms with Crippen LogP contribution in [0.3, 0.4) is 0 Å². The summed E-state index contributed by atoms with van der Waals surface area (Å²) in [5.41, 5.74) is 2.61. The Hall–Kier alpha value is -2.78. The van der Waals surface area contributed by atoms with Crippen molar-refractivity contribution in [2.24, 2.45) is 0 Å². The molecular formula is C17H14N2O. The number of hydrogen-bond donors (Lipinski definition) is 0. The molecule has 0 N–H and O–H groups in total. The molecule has 0 aliphatic heterocycles. The summed E-state index contributed by atoms with van der Waals surface area (Å²) in [4.78, 5) is 0. The zero-order valence-corrected chi connectivity index (χ0v) is 11.2. The molecule has 0 bridgehead atoms. The van der Waals surface area contributed by atoms with Gasteiger partial charge in [-0.15, -0.1) is 0 Å². The molecular weight excluding hydrogens is 248 g/mol. The predicted octanol–water partition coefficient (Wildman–Crippen LogP) is 3.42. The Morgan fingerprint density at radius 2 is 1.85 bits per heavy atom. The van der Waals surface area contributed by atoms with Crippen molar-refractivity contribution in [1.29, 1.82) is 10.5 Å². The van der Waals surface area contributed by atoms with E-state index >= 15 is 0 Å². The highest BCUT2D eigenvalue weighted by Gasteiger charge is 2.12. The second-order valence-corrected chi connectivity index (χ2v) is 4.47. The number of nitriles is 2. The van der Waals surface area contributed by atoms with E-state index in [2.05, 4.69) is 12.1 Å². The van der Waals surface area contributed by atoms with Crippen LogP contribution < -0.4 is 4.74 Å². The summed E-state index contributed by atoms with van der Waals surface area (Å²) in [5, 5.41) is 18.1. The zero-order valence-electron chi connectivity index (χ0n) is 11.2. The number of nitrogens with zero attached hydrogens (tertiary/aromatic N) is 2. The maximum atomic E-state index is 9.36. The monoisotopic (exact) mass is 262 g/mol. The van der Waals surface area contributed by atoms with Gasteiger partial charge in [0.1, 0.15) is 5.75 Å². The average molecular weight is 262 g/mol. The molecule has 0 fully saturated rings. The lowest BCUT2D eigenvalue weighted by Gasteiger charge is -2.11. The highest BCUT2D eigenvalue weighted by molar-refractivity contribution is 5.37. The third-order valence-electron chi connectivity index (χ3n) is 3.17. The standard InChI is InChI=1S/C17H14N2O/c1-20-17-4-2-3-15(10-17)16(12-19)9-13-5-7-14(11-18)8-6-13/h2-8,10,16H,9H2,1H3. The van der Waals surface area contributed by atoms with Crippen molar-refractivity contribution >= 4 is 0 Å². The van der Waals surface area contributed by atoms with Crippen LogP contribution >= 0.6 is 0 Å². The fourth-order valence-electron chi connectivity index (χ4n) is 2.05. The van der Waals surface area contributed by atoms with Gasteiger partial charge in [0.2, 0.25) is 0 Å². The topological polar surface area (TPSA) is 56.8 Å². The predicted molar refractivity (Wildman–Crippen MR) is 76.2 cm³/mol. The van der Waals surface area contributed by atoms with Crippen LogP contribution in [0.1, 0.15) is 22.6 Å². The molecule has 0 aromatic heterocycles. The highest BCUT2D eigenvalue weighted by Crippen LogP contribution is 2.24. The molecule has 2 aromatic rings. The maximum Gasteiger partial charge on any atom is 0.119 e. The lowest BCUT2D eigenvalue weighted by Crippen LogP contribution is -2.01. The second kappa shape index (κ2) is 6.41. The average Bonchev–Trinajstić information content (AvgIpc) is 2.53. The van der Waals surface area contributed by atoms with Gasteiger partial charge >= 0.3 is 0 Å². The molecule has 0 saturated heterocycles. The van der Waals surface area contributed by atoms with Crippen LogP contribution in [0.25, 0.3) is 0 Å². The van der Waals surface area contributed by atoms with E-state index in [0.717, 1.165) is 16.9 Å². The van der Waals surface area contributed by atoms with E-state index in [4.69, 9.17) is 10.00 Å². The van der Waals surface area contributed by atoms with E-state index in [1.165, 1.54) is 0 Å². The molecule has 98 valence electrons. The minimum Gasteiger partial charge on any atom is -0.497 e. The third-order valence-corrected chi connectivity index (χ3v) is 3.17. The van der Waals surface area contributed by atoms with Gasteiger partial charge in [-0.1, -0.05) is 24.3 Å². The van der Waals surface area contributed by atoms with Gasteiger partial charge in [-0.3, -0.25) is 0 Å². The van der Waals surface area contributed by atoms with Crippen LogP contribution in [0, 0.1) is 22.7 Å². The smallest absolute Gasteiger partial charge is 0.119 e. The van der Waals surface area contributed by atoms with Crippen molar-refractivity contribution in [3.05, 3.63) is 65.2 Å². The van der Waals surface area contributed by atoms with Gasteiger partial charge in [0.15, 0.2) is 0 Å². The molecule has 0 aliphatic rings. The first-order chi connectivity index (χ1) is 9.76. The van der Waals surface area contributed by atoms with Crippen molar-refractivity contribution in [2.45, 2.75) is 12.3 Å². The number of rotatable bonds is 4. The minimum absolute atomic E-state index is 0.224. The number of ether oxygens (including phenoxy) is 1. The summed E-state index contributed by atoms with van der Waals surface area (Å²) in [6.45, 7) is 0. The first-order valence-electron chi connectivity index (χ1n) is 6.29. The van der Waals surface area contributed by atoms with Gasteiger partial charge in [-0.2, -0.15) is 10.5 Å². The van der Waals surface area contributed by atoms with Crippen molar-refractivity contribution in [3.8, 4) is 17.9 Å². The van der Waals surface area contributed by atoms with Crippen LogP contribution in [-0.2, 0) is 6.42 Å². The van der Waals surface area contributed by atoms with E-state index in [0.29, 0.717) is 12.0 Å². The molecule has 0 heterocycles. The zero-order chi connectivity index (χ0) is 14.4. The van der Waals surface area contributed by atoms with Crippen molar-refractivity contribution < 1.29 is 4.74 Å². The van der Waals surface area contributed by atoms with Crippen LogP contribution in [0.5, 0.6) is 5.75 Å². The Bertz CT molecular complexity index is 663. The Balaban J connectivity index is 2.20. The molecule has 1 unspecified atom stereocenters. The summed E-state index contributed by atoms with van der Waals surface area (Å²) in [6.07, 6.45) is 0.620.